The molecule has 10 rings (SSSR count). The normalized spacial score (nSPS) is 16.3. The highest BCUT2D eigenvalue weighted by Gasteiger charge is 2.31. The van der Waals surface area contributed by atoms with Crippen LogP contribution in [0.15, 0.2) is 179 Å². The van der Waals surface area contributed by atoms with Gasteiger partial charge in [-0.25, -0.2) is 0 Å². The molecule has 0 saturated heterocycles. The van der Waals surface area contributed by atoms with Gasteiger partial charge in [0, 0.05) is 50.1 Å². The lowest BCUT2D eigenvalue weighted by Crippen LogP contribution is -2.10. The zero-order valence-corrected chi connectivity index (χ0v) is 27.3. The van der Waals surface area contributed by atoms with Crippen LogP contribution in [-0.4, -0.2) is 10.2 Å². The highest BCUT2D eigenvalue weighted by molar-refractivity contribution is 8.00. The first kappa shape index (κ1) is 28.2. The van der Waals surface area contributed by atoms with Crippen molar-refractivity contribution in [3.8, 4) is 22.3 Å². The summed E-state index contributed by atoms with van der Waals surface area (Å²) in [5, 5.41) is 5.07. The molecule has 2 atom stereocenters. The fourth-order valence-electron chi connectivity index (χ4n) is 7.50. The number of furan rings is 1. The highest BCUT2D eigenvalue weighted by Crippen LogP contribution is 2.50. The first-order chi connectivity index (χ1) is 24.3. The van der Waals surface area contributed by atoms with Gasteiger partial charge in [-0.3, -0.25) is 4.98 Å². The summed E-state index contributed by atoms with van der Waals surface area (Å²) < 4.78 is 6.15. The van der Waals surface area contributed by atoms with E-state index in [4.69, 9.17) is 4.42 Å². The molecule has 3 heterocycles. The Morgan fingerprint density at radius 3 is 2.24 bits per heavy atom. The number of aromatic nitrogens is 1. The van der Waals surface area contributed by atoms with Crippen LogP contribution in [0.1, 0.15) is 11.5 Å². The highest BCUT2D eigenvalue weighted by atomic mass is 32.2. The van der Waals surface area contributed by atoms with E-state index in [0.717, 1.165) is 39.0 Å². The van der Waals surface area contributed by atoms with E-state index in [1.807, 2.05) is 24.0 Å². The molecule has 6 aromatic carbocycles. The van der Waals surface area contributed by atoms with Crippen LogP contribution >= 0.6 is 11.8 Å². The fraction of sp³-hybridized carbons (Fsp3) is 0.0444. The SMILES string of the molecule is C1=CC2Sc3cc(N(c4ccc(-c5ccc6ccc7oc8cnccc8c7c6c5)cc4)c4cccc(-c5ccccc5)c4)ccc3C2C=C1. The van der Waals surface area contributed by atoms with Gasteiger partial charge in [0.15, 0.2) is 5.58 Å². The number of hydrogen-bond acceptors (Lipinski definition) is 4. The Labute approximate surface area is 288 Å². The molecule has 1 aliphatic heterocycles. The molecule has 2 unspecified atom stereocenters. The Kier molecular flexibility index (Phi) is 6.56. The van der Waals surface area contributed by atoms with E-state index in [1.165, 1.54) is 43.5 Å². The van der Waals surface area contributed by atoms with E-state index in [1.54, 1.807) is 6.20 Å². The quantitative estimate of drug-likeness (QED) is 0.186. The molecule has 0 bridgehead atoms. The summed E-state index contributed by atoms with van der Waals surface area (Å²) in [6.45, 7) is 0. The van der Waals surface area contributed by atoms with Gasteiger partial charge in [0.1, 0.15) is 5.58 Å². The molecule has 0 saturated carbocycles. The number of rotatable bonds is 5. The first-order valence-corrected chi connectivity index (χ1v) is 17.6. The van der Waals surface area contributed by atoms with Crippen molar-refractivity contribution in [3.63, 3.8) is 0 Å². The molecular weight excluding hydrogens is 617 g/mol. The van der Waals surface area contributed by atoms with E-state index in [2.05, 4.69) is 162 Å². The average molecular weight is 647 g/mol. The minimum Gasteiger partial charge on any atom is -0.454 e. The molecule has 0 N–H and O–H groups in total. The average Bonchev–Trinajstić information content (AvgIpc) is 3.74. The largest absolute Gasteiger partial charge is 0.454 e. The van der Waals surface area contributed by atoms with Crippen LogP contribution in [-0.2, 0) is 0 Å². The molecule has 0 spiro atoms. The Hall–Kier alpha value is -5.84. The molecule has 2 aliphatic rings. The lowest BCUT2D eigenvalue weighted by Gasteiger charge is -2.27. The standard InChI is InChI=1S/C45H30N2OS/c1-2-7-29(8-3-1)32-9-6-10-35(25-32)47(36-20-21-38-37-11-4-5-12-43(37)49-44(38)27-36)34-18-15-30(16-19-34)33-14-13-31-17-22-41-45(40(31)26-33)39-23-24-46-28-42(39)48-41/h1-28,37,43H. The minimum absolute atomic E-state index is 0.438. The van der Waals surface area contributed by atoms with Gasteiger partial charge in [-0.15, -0.1) is 11.8 Å². The first-order valence-electron chi connectivity index (χ1n) is 16.7. The van der Waals surface area contributed by atoms with Crippen LogP contribution in [0.25, 0.3) is 55.0 Å². The molecular formula is C45H30N2OS. The van der Waals surface area contributed by atoms with E-state index in [0.29, 0.717) is 11.2 Å². The number of anilines is 3. The summed E-state index contributed by atoms with van der Waals surface area (Å²) in [7, 11) is 0. The Morgan fingerprint density at radius 2 is 1.33 bits per heavy atom. The maximum Gasteiger partial charge on any atom is 0.153 e. The summed E-state index contributed by atoms with van der Waals surface area (Å²) >= 11 is 1.97. The van der Waals surface area contributed by atoms with Gasteiger partial charge in [0.2, 0.25) is 0 Å². The maximum atomic E-state index is 6.15. The Bertz CT molecular complexity index is 2600. The molecule has 232 valence electrons. The van der Waals surface area contributed by atoms with Crippen LogP contribution in [0, 0.1) is 0 Å². The van der Waals surface area contributed by atoms with Crippen LogP contribution in [0.3, 0.4) is 0 Å². The smallest absolute Gasteiger partial charge is 0.153 e. The number of thioether (sulfide) groups is 1. The van der Waals surface area contributed by atoms with Gasteiger partial charge >= 0.3 is 0 Å². The van der Waals surface area contributed by atoms with Crippen LogP contribution in [0.5, 0.6) is 0 Å². The van der Waals surface area contributed by atoms with Gasteiger partial charge in [-0.1, -0.05) is 103 Å². The predicted octanol–water partition coefficient (Wildman–Crippen LogP) is 12.6. The Morgan fingerprint density at radius 1 is 0.571 bits per heavy atom. The minimum atomic E-state index is 0.438. The van der Waals surface area contributed by atoms with Crippen molar-refractivity contribution in [2.75, 3.05) is 4.90 Å². The molecule has 4 heteroatoms. The molecule has 2 aromatic heterocycles. The second kappa shape index (κ2) is 11.4. The van der Waals surface area contributed by atoms with Crippen molar-refractivity contribution in [3.05, 3.63) is 176 Å². The van der Waals surface area contributed by atoms with Crippen molar-refractivity contribution < 1.29 is 4.42 Å². The van der Waals surface area contributed by atoms with Crippen molar-refractivity contribution in [2.45, 2.75) is 16.1 Å². The molecule has 3 nitrogen and oxygen atoms in total. The second-order valence-corrected chi connectivity index (χ2v) is 14.0. The van der Waals surface area contributed by atoms with E-state index < -0.39 is 0 Å². The lowest BCUT2D eigenvalue weighted by atomic mass is 9.92. The molecule has 49 heavy (non-hydrogen) atoms. The molecule has 0 amide bonds. The third kappa shape index (κ3) is 4.79. The topological polar surface area (TPSA) is 29.3 Å². The van der Waals surface area contributed by atoms with Gasteiger partial charge in [-0.2, -0.15) is 0 Å². The second-order valence-electron chi connectivity index (χ2n) is 12.7. The molecule has 1 aliphatic carbocycles. The summed E-state index contributed by atoms with van der Waals surface area (Å²) in [6.07, 6.45) is 12.7. The third-order valence-electron chi connectivity index (χ3n) is 9.89. The maximum absolute atomic E-state index is 6.15. The van der Waals surface area contributed by atoms with Gasteiger partial charge < -0.3 is 9.32 Å². The van der Waals surface area contributed by atoms with Crippen LogP contribution in [0.4, 0.5) is 17.1 Å². The number of hydrogen-bond donors (Lipinski definition) is 0. The van der Waals surface area contributed by atoms with Gasteiger partial charge in [0.25, 0.3) is 0 Å². The fourth-order valence-corrected chi connectivity index (χ4v) is 8.88. The van der Waals surface area contributed by atoms with Crippen LogP contribution < -0.4 is 4.90 Å². The summed E-state index contributed by atoms with van der Waals surface area (Å²) in [4.78, 5) is 8.01. The predicted molar refractivity (Wildman–Crippen MR) is 205 cm³/mol. The van der Waals surface area contributed by atoms with E-state index in [9.17, 15) is 0 Å². The van der Waals surface area contributed by atoms with Crippen molar-refractivity contribution in [2.24, 2.45) is 0 Å². The molecule has 0 radical (unpaired) electrons. The van der Waals surface area contributed by atoms with Crippen molar-refractivity contribution in [1.82, 2.24) is 4.98 Å². The summed E-state index contributed by atoms with van der Waals surface area (Å²) in [5.41, 5.74) is 11.3. The number of pyridine rings is 1. The van der Waals surface area contributed by atoms with Crippen molar-refractivity contribution in [1.29, 1.82) is 0 Å². The third-order valence-corrected chi connectivity index (χ3v) is 11.2. The number of allylic oxidation sites excluding steroid dienone is 3. The van der Waals surface area contributed by atoms with Gasteiger partial charge in [0.05, 0.1) is 6.20 Å². The monoisotopic (exact) mass is 646 g/mol. The molecule has 0 fully saturated rings. The number of benzene rings is 6. The summed E-state index contributed by atoms with van der Waals surface area (Å²) in [6, 6.07) is 48.4. The zero-order chi connectivity index (χ0) is 32.3. The van der Waals surface area contributed by atoms with E-state index >= 15 is 0 Å². The Balaban J connectivity index is 1.07. The zero-order valence-electron chi connectivity index (χ0n) is 26.5. The van der Waals surface area contributed by atoms with Crippen LogP contribution in [0.2, 0.25) is 0 Å². The summed E-state index contributed by atoms with van der Waals surface area (Å²) in [5.74, 6) is 0.438. The lowest BCUT2D eigenvalue weighted by molar-refractivity contribution is 0.667. The van der Waals surface area contributed by atoms with E-state index in [-0.39, 0.29) is 0 Å². The number of nitrogens with zero attached hydrogens (tertiary/aromatic N) is 2. The molecule has 8 aromatic rings. The van der Waals surface area contributed by atoms with Gasteiger partial charge in [-0.05, 0) is 93.2 Å². The number of fused-ring (bicyclic) bond motifs is 8. The van der Waals surface area contributed by atoms with Crippen molar-refractivity contribution >= 4 is 61.5 Å².